The summed E-state index contributed by atoms with van der Waals surface area (Å²) >= 11 is 0. The number of amides is 1. The van der Waals surface area contributed by atoms with Gasteiger partial charge in [0, 0.05) is 23.5 Å². The van der Waals surface area contributed by atoms with Crippen molar-refractivity contribution in [1.29, 1.82) is 0 Å². The molecule has 0 aliphatic carbocycles. The Balaban J connectivity index is 2.06. The van der Waals surface area contributed by atoms with Crippen LogP contribution in [0.5, 0.6) is 0 Å². The maximum absolute atomic E-state index is 11.7. The van der Waals surface area contributed by atoms with E-state index in [4.69, 9.17) is 4.74 Å². The average Bonchev–Trinajstić information content (AvgIpc) is 2.79. The Bertz CT molecular complexity index is 640. The molecule has 0 aliphatic heterocycles. The van der Waals surface area contributed by atoms with Gasteiger partial charge in [-0.15, -0.1) is 0 Å². The normalized spacial score (nSPS) is 12.9. The summed E-state index contributed by atoms with van der Waals surface area (Å²) in [5, 5.41) is 3.63. The van der Waals surface area contributed by atoms with Crippen molar-refractivity contribution in [3.8, 4) is 0 Å². The Labute approximate surface area is 123 Å². The summed E-state index contributed by atoms with van der Waals surface area (Å²) in [7, 11) is 0. The lowest BCUT2D eigenvalue weighted by Gasteiger charge is -2.21. The van der Waals surface area contributed by atoms with Gasteiger partial charge in [0.1, 0.15) is 11.9 Å². The van der Waals surface area contributed by atoms with Crippen molar-refractivity contribution in [2.75, 3.05) is 0 Å². The van der Waals surface area contributed by atoms with Crippen molar-refractivity contribution in [2.24, 2.45) is 0 Å². The number of ether oxygens (including phenoxy) is 1. The van der Waals surface area contributed by atoms with Crippen LogP contribution in [0.4, 0.5) is 4.79 Å². The highest BCUT2D eigenvalue weighted by molar-refractivity contribution is 5.84. The van der Waals surface area contributed by atoms with Gasteiger partial charge in [0.2, 0.25) is 0 Å². The molecule has 1 heterocycles. The maximum atomic E-state index is 11.7. The molecule has 1 aromatic carbocycles. The molecule has 0 aliphatic rings. The van der Waals surface area contributed by atoms with E-state index < -0.39 is 17.7 Å². The van der Waals surface area contributed by atoms with E-state index in [0.717, 1.165) is 22.8 Å². The van der Waals surface area contributed by atoms with Crippen molar-refractivity contribution in [1.82, 2.24) is 10.3 Å². The molecule has 2 rings (SSSR count). The molecule has 0 bridgehead atoms. The second-order valence-electron chi connectivity index (χ2n) is 5.95. The number of fused-ring (bicyclic) bond motifs is 1. The summed E-state index contributed by atoms with van der Waals surface area (Å²) in [5.74, 6) is 0. The third-order valence-electron chi connectivity index (χ3n) is 2.98. The number of aromatic nitrogens is 1. The molecule has 1 amide bonds. The second-order valence-corrected chi connectivity index (χ2v) is 5.95. The van der Waals surface area contributed by atoms with Crippen molar-refractivity contribution in [3.05, 3.63) is 36.0 Å². The lowest BCUT2D eigenvalue weighted by molar-refractivity contribution is -0.109. The highest BCUT2D eigenvalue weighted by Gasteiger charge is 2.20. The van der Waals surface area contributed by atoms with Crippen LogP contribution >= 0.6 is 0 Å². The van der Waals surface area contributed by atoms with E-state index in [1.807, 2.05) is 30.5 Å². The number of para-hydroxylation sites is 1. The first-order valence-corrected chi connectivity index (χ1v) is 6.89. The Morgan fingerprint density at radius 1 is 1.38 bits per heavy atom. The minimum atomic E-state index is -0.612. The molecule has 5 nitrogen and oxygen atoms in total. The van der Waals surface area contributed by atoms with Crippen LogP contribution in [-0.4, -0.2) is 29.0 Å². The predicted molar refractivity (Wildman–Crippen MR) is 81.2 cm³/mol. The van der Waals surface area contributed by atoms with E-state index in [-0.39, 0.29) is 0 Å². The molecular weight excluding hydrogens is 268 g/mol. The number of hydrogen-bond donors (Lipinski definition) is 2. The topological polar surface area (TPSA) is 71.2 Å². The molecule has 0 saturated carbocycles. The molecule has 1 aromatic heterocycles. The number of rotatable bonds is 4. The van der Waals surface area contributed by atoms with Crippen molar-refractivity contribution in [3.63, 3.8) is 0 Å². The molecule has 112 valence electrons. The molecule has 0 spiro atoms. The molecule has 2 N–H and O–H groups in total. The van der Waals surface area contributed by atoms with Crippen LogP contribution < -0.4 is 5.32 Å². The maximum Gasteiger partial charge on any atom is 0.408 e. The van der Waals surface area contributed by atoms with Crippen LogP contribution in [0.25, 0.3) is 10.9 Å². The predicted octanol–water partition coefficient (Wildman–Crippen LogP) is 2.80. The quantitative estimate of drug-likeness (QED) is 0.850. The number of aromatic amines is 1. The van der Waals surface area contributed by atoms with Crippen LogP contribution in [0.15, 0.2) is 30.5 Å². The molecule has 5 heteroatoms. The fraction of sp³-hybridized carbons (Fsp3) is 0.375. The van der Waals surface area contributed by atoms with Crippen molar-refractivity contribution >= 4 is 23.3 Å². The van der Waals surface area contributed by atoms with Crippen molar-refractivity contribution in [2.45, 2.75) is 38.8 Å². The monoisotopic (exact) mass is 288 g/mol. The third kappa shape index (κ3) is 4.08. The molecule has 0 saturated heterocycles. The van der Waals surface area contributed by atoms with Gasteiger partial charge in [-0.2, -0.15) is 0 Å². The first-order chi connectivity index (χ1) is 9.89. The Morgan fingerprint density at radius 2 is 2.10 bits per heavy atom. The van der Waals surface area contributed by atoms with Gasteiger partial charge in [-0.1, -0.05) is 18.2 Å². The largest absolute Gasteiger partial charge is 0.444 e. The summed E-state index contributed by atoms with van der Waals surface area (Å²) < 4.78 is 5.16. The van der Waals surface area contributed by atoms with Crippen molar-refractivity contribution < 1.29 is 14.3 Å². The van der Waals surface area contributed by atoms with Gasteiger partial charge in [-0.3, -0.25) is 0 Å². The third-order valence-corrected chi connectivity index (χ3v) is 2.98. The van der Waals surface area contributed by atoms with Crippen LogP contribution in [0, 0.1) is 0 Å². The van der Waals surface area contributed by atoms with Gasteiger partial charge < -0.3 is 19.8 Å². The molecule has 2 aromatic rings. The second kappa shape index (κ2) is 5.99. The van der Waals surface area contributed by atoms with Gasteiger partial charge in [0.05, 0.1) is 6.04 Å². The van der Waals surface area contributed by atoms with E-state index >= 15 is 0 Å². The zero-order valence-corrected chi connectivity index (χ0v) is 12.5. The Hall–Kier alpha value is -2.30. The van der Waals surface area contributed by atoms with Gasteiger partial charge in [0.15, 0.2) is 0 Å². The lowest BCUT2D eigenvalue weighted by atomic mass is 10.1. The van der Waals surface area contributed by atoms with Gasteiger partial charge in [0.25, 0.3) is 0 Å². The smallest absolute Gasteiger partial charge is 0.408 e. The zero-order chi connectivity index (χ0) is 15.5. The van der Waals surface area contributed by atoms with E-state index in [9.17, 15) is 9.59 Å². The number of benzene rings is 1. The summed E-state index contributed by atoms with van der Waals surface area (Å²) in [6.45, 7) is 5.34. The fourth-order valence-electron chi connectivity index (χ4n) is 2.13. The van der Waals surface area contributed by atoms with E-state index in [1.165, 1.54) is 0 Å². The molecular formula is C16H20N2O3. The first kappa shape index (κ1) is 15.1. The minimum absolute atomic E-state index is 0.423. The molecule has 0 radical (unpaired) electrons. The lowest BCUT2D eigenvalue weighted by Crippen LogP contribution is -2.41. The van der Waals surface area contributed by atoms with E-state index in [1.54, 1.807) is 20.8 Å². The average molecular weight is 288 g/mol. The first-order valence-electron chi connectivity index (χ1n) is 6.89. The van der Waals surface area contributed by atoms with Gasteiger partial charge in [-0.25, -0.2) is 4.79 Å². The minimum Gasteiger partial charge on any atom is -0.444 e. The van der Waals surface area contributed by atoms with Crippen LogP contribution in [0.3, 0.4) is 0 Å². The number of H-pyrrole nitrogens is 1. The van der Waals surface area contributed by atoms with Crippen LogP contribution in [-0.2, 0) is 16.0 Å². The number of carbonyl (C=O) groups is 2. The van der Waals surface area contributed by atoms with Gasteiger partial charge >= 0.3 is 6.09 Å². The van der Waals surface area contributed by atoms with E-state index in [0.29, 0.717) is 6.42 Å². The van der Waals surface area contributed by atoms with Crippen LogP contribution in [0.1, 0.15) is 26.3 Å². The number of nitrogens with one attached hydrogen (secondary N) is 2. The Kier molecular flexibility index (Phi) is 4.31. The number of hydrogen-bond acceptors (Lipinski definition) is 3. The zero-order valence-electron chi connectivity index (χ0n) is 12.5. The highest BCUT2D eigenvalue weighted by Crippen LogP contribution is 2.19. The number of aldehydes is 1. The number of carbonyl (C=O) groups excluding carboxylic acids is 2. The molecule has 0 unspecified atom stereocenters. The Morgan fingerprint density at radius 3 is 2.76 bits per heavy atom. The summed E-state index contributed by atoms with van der Waals surface area (Å²) in [6.07, 6.45) is 2.43. The standard InChI is InChI=1S/C16H20N2O3/c1-16(2,3)21-15(20)18-12(10-19)8-11-9-17-14-7-5-4-6-13(11)14/h4-7,9-10,12,17H,8H2,1-3H3,(H,18,20)/t12-/m1/s1. The SMILES string of the molecule is CC(C)(C)OC(=O)N[C@@H](C=O)Cc1c[nH]c2ccccc12. The summed E-state index contributed by atoms with van der Waals surface area (Å²) in [4.78, 5) is 26.1. The van der Waals surface area contributed by atoms with Crippen LogP contribution in [0.2, 0.25) is 0 Å². The number of alkyl carbamates (subject to hydrolysis) is 1. The summed E-state index contributed by atoms with van der Waals surface area (Å²) in [5.41, 5.74) is 1.41. The highest BCUT2D eigenvalue weighted by atomic mass is 16.6. The molecule has 1 atom stereocenters. The molecule has 0 fully saturated rings. The molecule has 21 heavy (non-hydrogen) atoms. The van der Waals surface area contributed by atoms with Gasteiger partial charge in [-0.05, 0) is 32.4 Å². The van der Waals surface area contributed by atoms with E-state index in [2.05, 4.69) is 10.3 Å². The fourth-order valence-corrected chi connectivity index (χ4v) is 2.13. The summed E-state index contributed by atoms with van der Waals surface area (Å²) in [6, 6.07) is 7.22.